The van der Waals surface area contributed by atoms with Crippen molar-refractivity contribution in [1.29, 1.82) is 0 Å². The van der Waals surface area contributed by atoms with E-state index in [-0.39, 0.29) is 5.91 Å². The molecule has 116 valence electrons. The summed E-state index contributed by atoms with van der Waals surface area (Å²) in [7, 11) is 2.03. The summed E-state index contributed by atoms with van der Waals surface area (Å²) >= 11 is 0. The molecular formula is C20H20N2O. The van der Waals surface area contributed by atoms with Crippen molar-refractivity contribution in [3.05, 3.63) is 72.1 Å². The van der Waals surface area contributed by atoms with E-state index in [9.17, 15) is 4.79 Å². The van der Waals surface area contributed by atoms with Gasteiger partial charge < -0.3 is 9.47 Å². The highest BCUT2D eigenvalue weighted by molar-refractivity contribution is 6.07. The van der Waals surface area contributed by atoms with Crippen LogP contribution in [0.4, 0.5) is 0 Å². The minimum atomic E-state index is 0.144. The first-order chi connectivity index (χ1) is 11.2. The molecule has 0 saturated heterocycles. The number of hydrogen-bond acceptors (Lipinski definition) is 1. The van der Waals surface area contributed by atoms with Gasteiger partial charge in [0, 0.05) is 30.5 Å². The minimum absolute atomic E-state index is 0.144. The van der Waals surface area contributed by atoms with Crippen LogP contribution >= 0.6 is 0 Å². The van der Waals surface area contributed by atoms with Gasteiger partial charge in [0.15, 0.2) is 0 Å². The highest BCUT2D eigenvalue weighted by Crippen LogP contribution is 2.31. The molecule has 3 nitrogen and oxygen atoms in total. The molecule has 23 heavy (non-hydrogen) atoms. The summed E-state index contributed by atoms with van der Waals surface area (Å²) in [6.07, 6.45) is 4.25. The molecule has 1 aliphatic carbocycles. The molecule has 0 N–H and O–H groups in total. The Balaban J connectivity index is 1.71. The third kappa shape index (κ3) is 2.63. The summed E-state index contributed by atoms with van der Waals surface area (Å²) in [6, 6.07) is 18.6. The van der Waals surface area contributed by atoms with Crippen LogP contribution in [0.5, 0.6) is 0 Å². The molecule has 0 radical (unpaired) electrons. The van der Waals surface area contributed by atoms with Crippen molar-refractivity contribution in [3.8, 4) is 0 Å². The van der Waals surface area contributed by atoms with Crippen molar-refractivity contribution >= 4 is 16.7 Å². The van der Waals surface area contributed by atoms with E-state index in [1.54, 1.807) is 0 Å². The number of fused-ring (bicyclic) bond motifs is 1. The zero-order valence-electron chi connectivity index (χ0n) is 13.3. The van der Waals surface area contributed by atoms with Crippen LogP contribution in [0.25, 0.3) is 10.8 Å². The molecule has 0 bridgehead atoms. The van der Waals surface area contributed by atoms with E-state index in [0.29, 0.717) is 12.6 Å². The Bertz CT molecular complexity index is 855. The summed E-state index contributed by atoms with van der Waals surface area (Å²) < 4.78 is 2.09. The summed E-state index contributed by atoms with van der Waals surface area (Å²) in [4.78, 5) is 15.2. The molecule has 3 aromatic rings. The standard InChI is InChI=1S/C20H20N2O/c1-21-13-5-8-17(21)14-22(16-11-12-16)20(23)19-10-4-7-15-6-2-3-9-18(15)19/h2-10,13,16H,11-12,14H2,1H3. The third-order valence-corrected chi connectivity index (χ3v) is 4.65. The highest BCUT2D eigenvalue weighted by Gasteiger charge is 2.33. The zero-order valence-corrected chi connectivity index (χ0v) is 13.3. The summed E-state index contributed by atoms with van der Waals surface area (Å²) in [5.74, 6) is 0.144. The fourth-order valence-corrected chi connectivity index (χ4v) is 3.15. The van der Waals surface area contributed by atoms with Gasteiger partial charge >= 0.3 is 0 Å². The van der Waals surface area contributed by atoms with Crippen LogP contribution in [0, 0.1) is 0 Å². The van der Waals surface area contributed by atoms with Crippen LogP contribution < -0.4 is 0 Å². The van der Waals surface area contributed by atoms with Gasteiger partial charge in [-0.05, 0) is 41.8 Å². The molecule has 0 spiro atoms. The Kier molecular flexibility index (Phi) is 3.41. The van der Waals surface area contributed by atoms with Crippen LogP contribution in [0.2, 0.25) is 0 Å². The summed E-state index contributed by atoms with van der Waals surface area (Å²) in [6.45, 7) is 0.677. The Morgan fingerprint density at radius 2 is 1.87 bits per heavy atom. The lowest BCUT2D eigenvalue weighted by Crippen LogP contribution is -2.33. The molecule has 3 heteroatoms. The second-order valence-electron chi connectivity index (χ2n) is 6.30. The Morgan fingerprint density at radius 1 is 1.09 bits per heavy atom. The highest BCUT2D eigenvalue weighted by atomic mass is 16.2. The SMILES string of the molecule is Cn1cccc1CN(C(=O)c1cccc2ccccc12)C1CC1. The Hall–Kier alpha value is -2.55. The van der Waals surface area contributed by atoms with Crippen molar-refractivity contribution < 1.29 is 4.79 Å². The molecule has 0 unspecified atom stereocenters. The van der Waals surface area contributed by atoms with Gasteiger partial charge in [0.05, 0.1) is 6.54 Å². The van der Waals surface area contributed by atoms with E-state index in [2.05, 4.69) is 22.8 Å². The Morgan fingerprint density at radius 3 is 2.61 bits per heavy atom. The van der Waals surface area contributed by atoms with Crippen LogP contribution in [0.1, 0.15) is 28.9 Å². The molecule has 1 aromatic heterocycles. The molecule has 4 rings (SSSR count). The van der Waals surface area contributed by atoms with Crippen molar-refractivity contribution in [2.24, 2.45) is 7.05 Å². The van der Waals surface area contributed by atoms with Gasteiger partial charge in [-0.15, -0.1) is 0 Å². The summed E-state index contributed by atoms with van der Waals surface area (Å²) in [5.41, 5.74) is 1.98. The van der Waals surface area contributed by atoms with E-state index >= 15 is 0 Å². The molecule has 0 aliphatic heterocycles. The number of nitrogens with zero attached hydrogens (tertiary/aromatic N) is 2. The second kappa shape index (κ2) is 5.58. The smallest absolute Gasteiger partial charge is 0.255 e. The van der Waals surface area contributed by atoms with Crippen LogP contribution in [-0.2, 0) is 13.6 Å². The lowest BCUT2D eigenvalue weighted by Gasteiger charge is -2.23. The lowest BCUT2D eigenvalue weighted by molar-refractivity contribution is 0.0728. The first kappa shape index (κ1) is 14.1. The average Bonchev–Trinajstić information content (AvgIpc) is 3.34. The number of aromatic nitrogens is 1. The number of carbonyl (C=O) groups excluding carboxylic acids is 1. The van der Waals surface area contributed by atoms with Gasteiger partial charge in [-0.25, -0.2) is 0 Å². The fraction of sp³-hybridized carbons (Fsp3) is 0.250. The van der Waals surface area contributed by atoms with Crippen LogP contribution in [-0.4, -0.2) is 21.4 Å². The number of amides is 1. The minimum Gasteiger partial charge on any atom is -0.353 e. The molecule has 1 fully saturated rings. The molecule has 1 saturated carbocycles. The van der Waals surface area contributed by atoms with Gasteiger partial charge in [0.1, 0.15) is 0 Å². The van der Waals surface area contributed by atoms with E-state index in [1.165, 1.54) is 5.69 Å². The monoisotopic (exact) mass is 304 g/mol. The number of rotatable bonds is 4. The molecule has 0 atom stereocenters. The molecule has 1 amide bonds. The number of hydrogen-bond donors (Lipinski definition) is 0. The number of carbonyl (C=O) groups is 1. The third-order valence-electron chi connectivity index (χ3n) is 4.65. The second-order valence-corrected chi connectivity index (χ2v) is 6.30. The van der Waals surface area contributed by atoms with E-state index in [1.807, 2.05) is 54.5 Å². The number of benzene rings is 2. The predicted octanol–water partition coefficient (Wildman–Crippen LogP) is 3.98. The van der Waals surface area contributed by atoms with Gasteiger partial charge in [0.2, 0.25) is 0 Å². The fourth-order valence-electron chi connectivity index (χ4n) is 3.15. The summed E-state index contributed by atoms with van der Waals surface area (Å²) in [5, 5.41) is 2.16. The van der Waals surface area contributed by atoms with Crippen molar-refractivity contribution in [2.45, 2.75) is 25.4 Å². The molecular weight excluding hydrogens is 284 g/mol. The average molecular weight is 304 g/mol. The maximum atomic E-state index is 13.2. The van der Waals surface area contributed by atoms with Crippen molar-refractivity contribution in [1.82, 2.24) is 9.47 Å². The quantitative estimate of drug-likeness (QED) is 0.715. The molecule has 1 heterocycles. The van der Waals surface area contributed by atoms with Crippen molar-refractivity contribution in [3.63, 3.8) is 0 Å². The van der Waals surface area contributed by atoms with Crippen LogP contribution in [0.15, 0.2) is 60.8 Å². The first-order valence-electron chi connectivity index (χ1n) is 8.13. The first-order valence-corrected chi connectivity index (χ1v) is 8.13. The Labute approximate surface area is 136 Å². The van der Waals surface area contributed by atoms with Crippen molar-refractivity contribution in [2.75, 3.05) is 0 Å². The largest absolute Gasteiger partial charge is 0.353 e. The predicted molar refractivity (Wildman–Crippen MR) is 92.3 cm³/mol. The normalized spacial score (nSPS) is 14.1. The van der Waals surface area contributed by atoms with Gasteiger partial charge in [0.25, 0.3) is 5.91 Å². The molecule has 1 aliphatic rings. The molecule has 2 aromatic carbocycles. The van der Waals surface area contributed by atoms with E-state index in [0.717, 1.165) is 29.2 Å². The lowest BCUT2D eigenvalue weighted by atomic mass is 10.0. The van der Waals surface area contributed by atoms with Crippen LogP contribution in [0.3, 0.4) is 0 Å². The number of aryl methyl sites for hydroxylation is 1. The maximum absolute atomic E-state index is 13.2. The van der Waals surface area contributed by atoms with Gasteiger partial charge in [-0.2, -0.15) is 0 Å². The maximum Gasteiger partial charge on any atom is 0.255 e. The van der Waals surface area contributed by atoms with Gasteiger partial charge in [-0.1, -0.05) is 36.4 Å². The van der Waals surface area contributed by atoms with Gasteiger partial charge in [-0.3, -0.25) is 4.79 Å². The topological polar surface area (TPSA) is 25.2 Å². The van der Waals surface area contributed by atoms with E-state index in [4.69, 9.17) is 0 Å². The van der Waals surface area contributed by atoms with E-state index < -0.39 is 0 Å². The zero-order chi connectivity index (χ0) is 15.8.